The van der Waals surface area contributed by atoms with Crippen LogP contribution < -0.4 is 5.32 Å². The monoisotopic (exact) mass is 296 g/mol. The fraction of sp³-hybridized carbons (Fsp3) is 0.875. The zero-order valence-corrected chi connectivity index (χ0v) is 13.0. The molecule has 1 saturated carbocycles. The van der Waals surface area contributed by atoms with Gasteiger partial charge < -0.3 is 15.3 Å². The average molecular weight is 296 g/mol. The SMILES string of the molecule is CCC1CCCCN1C(=O)CNC1CCCC(C(=O)O)C1. The molecule has 2 rings (SSSR count). The normalized spacial score (nSPS) is 30.1. The van der Waals surface area contributed by atoms with Gasteiger partial charge in [0, 0.05) is 18.6 Å². The Labute approximate surface area is 127 Å². The third-order valence-corrected chi connectivity index (χ3v) is 4.98. The molecular weight excluding hydrogens is 268 g/mol. The Morgan fingerprint density at radius 1 is 1.19 bits per heavy atom. The van der Waals surface area contributed by atoms with Crippen molar-refractivity contribution in [3.8, 4) is 0 Å². The Balaban J connectivity index is 1.79. The van der Waals surface area contributed by atoms with E-state index in [1.165, 1.54) is 6.42 Å². The van der Waals surface area contributed by atoms with E-state index in [9.17, 15) is 9.59 Å². The van der Waals surface area contributed by atoms with Crippen molar-refractivity contribution in [3.05, 3.63) is 0 Å². The van der Waals surface area contributed by atoms with Crippen molar-refractivity contribution in [3.63, 3.8) is 0 Å². The van der Waals surface area contributed by atoms with E-state index in [0.717, 1.165) is 45.1 Å². The van der Waals surface area contributed by atoms with Gasteiger partial charge in [-0.05, 0) is 44.9 Å². The molecule has 0 spiro atoms. The number of nitrogens with one attached hydrogen (secondary N) is 1. The summed E-state index contributed by atoms with van der Waals surface area (Å²) >= 11 is 0. The van der Waals surface area contributed by atoms with Crippen molar-refractivity contribution in [2.75, 3.05) is 13.1 Å². The molecule has 1 aliphatic heterocycles. The highest BCUT2D eigenvalue weighted by atomic mass is 16.4. The summed E-state index contributed by atoms with van der Waals surface area (Å²) in [5.41, 5.74) is 0. The second kappa shape index (κ2) is 7.78. The van der Waals surface area contributed by atoms with Crippen molar-refractivity contribution in [2.24, 2.45) is 5.92 Å². The van der Waals surface area contributed by atoms with E-state index in [-0.39, 0.29) is 17.9 Å². The molecule has 2 aliphatic rings. The number of rotatable bonds is 5. The summed E-state index contributed by atoms with van der Waals surface area (Å²) in [4.78, 5) is 25.5. The molecule has 0 aromatic carbocycles. The lowest BCUT2D eigenvalue weighted by Crippen LogP contribution is -2.49. The molecule has 1 saturated heterocycles. The van der Waals surface area contributed by atoms with Gasteiger partial charge in [-0.15, -0.1) is 0 Å². The van der Waals surface area contributed by atoms with E-state index in [4.69, 9.17) is 5.11 Å². The lowest BCUT2D eigenvalue weighted by molar-refractivity contribution is -0.143. The lowest BCUT2D eigenvalue weighted by atomic mass is 9.86. The highest BCUT2D eigenvalue weighted by Gasteiger charge is 2.29. The fourth-order valence-corrected chi connectivity index (χ4v) is 3.69. The van der Waals surface area contributed by atoms with Gasteiger partial charge in [0.2, 0.25) is 5.91 Å². The lowest BCUT2D eigenvalue weighted by Gasteiger charge is -2.36. The van der Waals surface area contributed by atoms with E-state index in [2.05, 4.69) is 12.2 Å². The van der Waals surface area contributed by atoms with Gasteiger partial charge in [-0.3, -0.25) is 9.59 Å². The first-order chi connectivity index (χ1) is 10.1. The number of carbonyl (C=O) groups is 2. The van der Waals surface area contributed by atoms with Crippen molar-refractivity contribution in [2.45, 2.75) is 70.4 Å². The standard InChI is InChI=1S/C16H28N2O3/c1-2-14-8-3-4-9-18(14)15(19)11-17-13-7-5-6-12(10-13)16(20)21/h12-14,17H,2-11H2,1H3,(H,20,21). The predicted octanol–water partition coefficient (Wildman–Crippen LogP) is 2.01. The number of piperidine rings is 1. The number of amides is 1. The van der Waals surface area contributed by atoms with E-state index >= 15 is 0 Å². The van der Waals surface area contributed by atoms with Gasteiger partial charge in [-0.2, -0.15) is 0 Å². The van der Waals surface area contributed by atoms with Crippen LogP contribution in [0.3, 0.4) is 0 Å². The molecule has 21 heavy (non-hydrogen) atoms. The van der Waals surface area contributed by atoms with Gasteiger partial charge in [0.25, 0.3) is 0 Å². The molecule has 2 N–H and O–H groups in total. The number of aliphatic carboxylic acids is 1. The summed E-state index contributed by atoms with van der Waals surface area (Å²) in [6, 6.07) is 0.569. The molecule has 0 bridgehead atoms. The van der Waals surface area contributed by atoms with E-state index in [0.29, 0.717) is 19.0 Å². The zero-order chi connectivity index (χ0) is 15.2. The van der Waals surface area contributed by atoms with Crippen LogP contribution in [0.4, 0.5) is 0 Å². The Bertz CT molecular complexity index is 373. The third-order valence-electron chi connectivity index (χ3n) is 4.98. The first-order valence-electron chi connectivity index (χ1n) is 8.37. The number of likely N-dealkylation sites (tertiary alicyclic amines) is 1. The summed E-state index contributed by atoms with van der Waals surface area (Å²) in [6.07, 6.45) is 7.80. The number of carboxylic acid groups (broad SMARTS) is 1. The Morgan fingerprint density at radius 2 is 2.00 bits per heavy atom. The second-order valence-electron chi connectivity index (χ2n) is 6.42. The fourth-order valence-electron chi connectivity index (χ4n) is 3.69. The topological polar surface area (TPSA) is 69.6 Å². The highest BCUT2D eigenvalue weighted by molar-refractivity contribution is 5.78. The van der Waals surface area contributed by atoms with Crippen LogP contribution in [0.2, 0.25) is 0 Å². The van der Waals surface area contributed by atoms with Gasteiger partial charge >= 0.3 is 5.97 Å². The molecule has 0 radical (unpaired) electrons. The zero-order valence-electron chi connectivity index (χ0n) is 13.0. The number of nitrogens with zero attached hydrogens (tertiary/aromatic N) is 1. The number of hydrogen-bond donors (Lipinski definition) is 2. The molecule has 2 fully saturated rings. The minimum absolute atomic E-state index is 0.175. The predicted molar refractivity (Wildman–Crippen MR) is 81.0 cm³/mol. The largest absolute Gasteiger partial charge is 0.481 e. The Kier molecular flexibility index (Phi) is 6.03. The van der Waals surface area contributed by atoms with Crippen LogP contribution in [0.1, 0.15) is 58.3 Å². The maximum absolute atomic E-state index is 12.4. The molecule has 5 heteroatoms. The van der Waals surface area contributed by atoms with Gasteiger partial charge in [0.15, 0.2) is 0 Å². The average Bonchev–Trinajstić information content (AvgIpc) is 2.52. The Morgan fingerprint density at radius 3 is 2.71 bits per heavy atom. The molecule has 3 unspecified atom stereocenters. The molecule has 0 aromatic heterocycles. The number of hydrogen-bond acceptors (Lipinski definition) is 3. The van der Waals surface area contributed by atoms with Crippen LogP contribution in [0, 0.1) is 5.92 Å². The van der Waals surface area contributed by atoms with Crippen molar-refractivity contribution >= 4 is 11.9 Å². The Hall–Kier alpha value is -1.10. The van der Waals surface area contributed by atoms with Crippen molar-refractivity contribution in [1.29, 1.82) is 0 Å². The van der Waals surface area contributed by atoms with Crippen LogP contribution >= 0.6 is 0 Å². The number of carbonyl (C=O) groups excluding carboxylic acids is 1. The third kappa shape index (κ3) is 4.43. The van der Waals surface area contributed by atoms with Crippen molar-refractivity contribution in [1.82, 2.24) is 10.2 Å². The number of carboxylic acids is 1. The first-order valence-corrected chi connectivity index (χ1v) is 8.37. The molecule has 1 amide bonds. The van der Waals surface area contributed by atoms with Gasteiger partial charge in [0.1, 0.15) is 0 Å². The van der Waals surface area contributed by atoms with E-state index in [1.807, 2.05) is 4.90 Å². The summed E-state index contributed by atoms with van der Waals surface area (Å²) < 4.78 is 0. The van der Waals surface area contributed by atoms with Crippen molar-refractivity contribution < 1.29 is 14.7 Å². The minimum atomic E-state index is -0.699. The first kappa shape index (κ1) is 16.3. The van der Waals surface area contributed by atoms with Crippen LogP contribution in [0.25, 0.3) is 0 Å². The molecule has 3 atom stereocenters. The van der Waals surface area contributed by atoms with Crippen LogP contribution in [-0.4, -0.2) is 47.1 Å². The maximum Gasteiger partial charge on any atom is 0.306 e. The summed E-state index contributed by atoms with van der Waals surface area (Å²) in [5.74, 6) is -0.765. The molecule has 120 valence electrons. The molecule has 1 aliphatic carbocycles. The van der Waals surface area contributed by atoms with Crippen LogP contribution in [0.5, 0.6) is 0 Å². The molecular formula is C16H28N2O3. The van der Waals surface area contributed by atoms with Gasteiger partial charge in [-0.1, -0.05) is 13.3 Å². The molecule has 0 aromatic rings. The quantitative estimate of drug-likeness (QED) is 0.814. The van der Waals surface area contributed by atoms with Crippen LogP contribution in [-0.2, 0) is 9.59 Å². The van der Waals surface area contributed by atoms with E-state index in [1.54, 1.807) is 0 Å². The highest BCUT2D eigenvalue weighted by Crippen LogP contribution is 2.24. The summed E-state index contributed by atoms with van der Waals surface area (Å²) in [5, 5.41) is 12.4. The van der Waals surface area contributed by atoms with Crippen LogP contribution in [0.15, 0.2) is 0 Å². The van der Waals surface area contributed by atoms with E-state index < -0.39 is 5.97 Å². The smallest absolute Gasteiger partial charge is 0.306 e. The summed E-state index contributed by atoms with van der Waals surface area (Å²) in [7, 11) is 0. The molecule has 1 heterocycles. The van der Waals surface area contributed by atoms with Gasteiger partial charge in [0.05, 0.1) is 12.5 Å². The van der Waals surface area contributed by atoms with Gasteiger partial charge in [-0.25, -0.2) is 0 Å². The minimum Gasteiger partial charge on any atom is -0.481 e. The maximum atomic E-state index is 12.4. The summed E-state index contributed by atoms with van der Waals surface area (Å²) in [6.45, 7) is 3.37. The second-order valence-corrected chi connectivity index (χ2v) is 6.42. The molecule has 5 nitrogen and oxygen atoms in total.